The van der Waals surface area contributed by atoms with Gasteiger partial charge in [-0.3, -0.25) is 0 Å². The molecule has 0 radical (unpaired) electrons. The first kappa shape index (κ1) is 8.76. The number of aromatic nitrogens is 1. The summed E-state index contributed by atoms with van der Waals surface area (Å²) < 4.78 is 6.11. The molecule has 0 N–H and O–H groups in total. The van der Waals surface area contributed by atoms with Crippen LogP contribution in [0.2, 0.25) is 0 Å². The Balaban J connectivity index is 2.22. The van der Waals surface area contributed by atoms with Crippen molar-refractivity contribution >= 4 is 21.5 Å². The standard InChI is InChI=1S/C9H11AsN2O/c10-9-12-8(4-6-13-9)7-3-1-2-5-11-7/h1-3,5,8H,4,6,10H2. The topological polar surface area (TPSA) is 34.5 Å². The minimum atomic E-state index is 0.205. The second-order valence-electron chi connectivity index (χ2n) is 2.87. The van der Waals surface area contributed by atoms with Crippen LogP contribution < -0.4 is 0 Å². The molecule has 0 amide bonds. The van der Waals surface area contributed by atoms with E-state index in [-0.39, 0.29) is 6.04 Å². The van der Waals surface area contributed by atoms with Crippen LogP contribution in [0.15, 0.2) is 29.4 Å². The molecule has 2 heterocycles. The van der Waals surface area contributed by atoms with E-state index in [1.165, 1.54) is 16.9 Å². The van der Waals surface area contributed by atoms with Gasteiger partial charge in [0.1, 0.15) is 0 Å². The summed E-state index contributed by atoms with van der Waals surface area (Å²) in [6, 6.07) is 6.13. The summed E-state index contributed by atoms with van der Waals surface area (Å²) in [6.07, 6.45) is 2.74. The molecule has 2 rings (SSSR count). The molecule has 1 aromatic heterocycles. The van der Waals surface area contributed by atoms with Gasteiger partial charge in [-0.15, -0.1) is 0 Å². The molecule has 0 bridgehead atoms. The molecule has 0 aliphatic carbocycles. The van der Waals surface area contributed by atoms with Crippen LogP contribution >= 0.6 is 0 Å². The van der Waals surface area contributed by atoms with E-state index in [4.69, 9.17) is 4.74 Å². The summed E-state index contributed by atoms with van der Waals surface area (Å²) in [7, 11) is 0. The van der Waals surface area contributed by atoms with Crippen molar-refractivity contribution in [1.29, 1.82) is 0 Å². The molecule has 1 aromatic rings. The number of aliphatic imine (C=N–C) groups is 1. The van der Waals surface area contributed by atoms with Crippen LogP contribution in [0, 0.1) is 0 Å². The van der Waals surface area contributed by atoms with Gasteiger partial charge in [0.15, 0.2) is 0 Å². The number of rotatable bonds is 1. The van der Waals surface area contributed by atoms with Crippen molar-refractivity contribution in [3.8, 4) is 0 Å². The summed E-state index contributed by atoms with van der Waals surface area (Å²) in [5.74, 6) is 0. The van der Waals surface area contributed by atoms with Gasteiger partial charge in [0.05, 0.1) is 0 Å². The molecule has 13 heavy (non-hydrogen) atoms. The molecule has 3 nitrogen and oxygen atoms in total. The van der Waals surface area contributed by atoms with E-state index >= 15 is 0 Å². The molecule has 0 saturated carbocycles. The molecular weight excluding hydrogens is 227 g/mol. The number of nitrogens with zero attached hydrogens (tertiary/aromatic N) is 2. The van der Waals surface area contributed by atoms with Gasteiger partial charge >= 0.3 is 85.4 Å². The van der Waals surface area contributed by atoms with E-state index in [2.05, 4.69) is 9.98 Å². The van der Waals surface area contributed by atoms with E-state index in [0.29, 0.717) is 0 Å². The Bertz CT molecular complexity index is 313. The molecule has 2 atom stereocenters. The Hall–Kier alpha value is -0.822. The summed E-state index contributed by atoms with van der Waals surface area (Å²) in [6.45, 7) is 0.762. The zero-order valence-electron chi connectivity index (χ0n) is 7.18. The number of pyridine rings is 1. The fraction of sp³-hybridized carbons (Fsp3) is 0.333. The third-order valence-electron chi connectivity index (χ3n) is 1.95. The van der Waals surface area contributed by atoms with Crippen molar-refractivity contribution in [3.05, 3.63) is 30.1 Å². The predicted octanol–water partition coefficient (Wildman–Crippen LogP) is 0.532. The van der Waals surface area contributed by atoms with Gasteiger partial charge in [0.25, 0.3) is 0 Å². The Kier molecular flexibility index (Phi) is 2.65. The third kappa shape index (κ3) is 2.10. The number of hydrogen-bond donors (Lipinski definition) is 0. The van der Waals surface area contributed by atoms with Gasteiger partial charge in [0, 0.05) is 0 Å². The molecule has 0 fully saturated rings. The minimum absolute atomic E-state index is 0.205. The van der Waals surface area contributed by atoms with E-state index in [1.807, 2.05) is 18.2 Å². The third-order valence-corrected chi connectivity index (χ3v) is 2.62. The Labute approximate surface area is 85.7 Å². The van der Waals surface area contributed by atoms with Gasteiger partial charge in [-0.2, -0.15) is 0 Å². The van der Waals surface area contributed by atoms with Crippen LogP contribution in [0.5, 0.6) is 0 Å². The van der Waals surface area contributed by atoms with Crippen LogP contribution in [-0.2, 0) is 4.74 Å². The van der Waals surface area contributed by atoms with Crippen molar-refractivity contribution in [2.45, 2.75) is 12.5 Å². The fourth-order valence-corrected chi connectivity index (χ4v) is 1.94. The Morgan fingerprint density at radius 1 is 1.46 bits per heavy atom. The van der Waals surface area contributed by atoms with E-state index in [0.717, 1.165) is 23.4 Å². The summed E-state index contributed by atoms with van der Waals surface area (Å²) in [4.78, 5) is 8.69. The second kappa shape index (κ2) is 3.92. The first-order chi connectivity index (χ1) is 6.36. The Morgan fingerprint density at radius 3 is 3.08 bits per heavy atom. The molecule has 4 heteroatoms. The average molecular weight is 238 g/mol. The van der Waals surface area contributed by atoms with Crippen molar-refractivity contribution in [2.75, 3.05) is 6.61 Å². The molecule has 0 spiro atoms. The van der Waals surface area contributed by atoms with E-state index in [1.54, 1.807) is 6.20 Å². The molecule has 0 saturated heterocycles. The zero-order chi connectivity index (χ0) is 9.10. The Morgan fingerprint density at radius 2 is 2.38 bits per heavy atom. The van der Waals surface area contributed by atoms with E-state index < -0.39 is 0 Å². The van der Waals surface area contributed by atoms with Crippen LogP contribution in [0.3, 0.4) is 0 Å². The summed E-state index contributed by atoms with van der Waals surface area (Å²) in [5.41, 5.74) is 1.04. The molecular formula is C9H11AsN2O. The van der Waals surface area contributed by atoms with Crippen LogP contribution in [-0.4, -0.2) is 33.1 Å². The molecule has 1 aliphatic heterocycles. The molecule has 68 valence electrons. The molecule has 2 unspecified atom stereocenters. The van der Waals surface area contributed by atoms with Gasteiger partial charge in [-0.05, 0) is 0 Å². The summed E-state index contributed by atoms with van der Waals surface area (Å²) >= 11 is 1.44. The predicted molar refractivity (Wildman–Crippen MR) is 53.5 cm³/mol. The number of hydrogen-bond acceptors (Lipinski definition) is 3. The van der Waals surface area contributed by atoms with Gasteiger partial charge in [0.2, 0.25) is 0 Å². The molecule has 0 aromatic carbocycles. The van der Waals surface area contributed by atoms with Crippen molar-refractivity contribution < 1.29 is 4.74 Å². The normalized spacial score (nSPS) is 21.9. The van der Waals surface area contributed by atoms with Crippen molar-refractivity contribution in [2.24, 2.45) is 4.99 Å². The average Bonchev–Trinajstić information content (AvgIpc) is 2.19. The summed E-state index contributed by atoms with van der Waals surface area (Å²) in [5, 5.41) is 0. The maximum absolute atomic E-state index is 5.28. The van der Waals surface area contributed by atoms with Crippen LogP contribution in [0.1, 0.15) is 18.2 Å². The number of ether oxygens (including phenoxy) is 1. The fourth-order valence-electron chi connectivity index (χ4n) is 1.32. The van der Waals surface area contributed by atoms with Crippen molar-refractivity contribution in [3.63, 3.8) is 0 Å². The van der Waals surface area contributed by atoms with Crippen molar-refractivity contribution in [1.82, 2.24) is 4.98 Å². The quantitative estimate of drug-likeness (QED) is 0.669. The maximum atomic E-state index is 5.28. The van der Waals surface area contributed by atoms with Gasteiger partial charge < -0.3 is 0 Å². The second-order valence-corrected chi connectivity index (χ2v) is 3.91. The molecule has 1 aliphatic rings. The monoisotopic (exact) mass is 238 g/mol. The van der Waals surface area contributed by atoms with Crippen LogP contribution in [0.4, 0.5) is 0 Å². The van der Waals surface area contributed by atoms with Gasteiger partial charge in [-0.25, -0.2) is 0 Å². The zero-order valence-corrected chi connectivity index (χ0v) is 9.60. The van der Waals surface area contributed by atoms with E-state index in [9.17, 15) is 0 Å². The SMILES string of the molecule is [AsH2]C1=NC(c2ccccn2)CCO1. The van der Waals surface area contributed by atoms with Crippen LogP contribution in [0.25, 0.3) is 0 Å². The van der Waals surface area contributed by atoms with Gasteiger partial charge in [-0.1, -0.05) is 0 Å². The first-order valence-corrected chi connectivity index (χ1v) is 5.44. The first-order valence-electron chi connectivity index (χ1n) is 4.23.